The van der Waals surface area contributed by atoms with Gasteiger partial charge in [0.2, 0.25) is 0 Å². The van der Waals surface area contributed by atoms with Crippen molar-refractivity contribution in [3.05, 3.63) is 64.2 Å². The Kier molecular flexibility index (Phi) is 5.75. The minimum atomic E-state index is -0.551. The Morgan fingerprint density at radius 3 is 2.25 bits per heavy atom. The minimum absolute atomic E-state index is 0.00632. The first kappa shape index (κ1) is 19.6. The molecule has 0 aliphatic carbocycles. The van der Waals surface area contributed by atoms with E-state index in [-0.39, 0.29) is 10.7 Å². The van der Waals surface area contributed by atoms with Crippen molar-refractivity contribution < 1.29 is 19.1 Å². The van der Waals surface area contributed by atoms with Crippen LogP contribution in [0.25, 0.3) is 6.08 Å². The molecule has 6 nitrogen and oxygen atoms in total. The maximum atomic E-state index is 12.1. The molecular formula is C21H20N2O4S. The van der Waals surface area contributed by atoms with Crippen molar-refractivity contribution in [2.24, 2.45) is 0 Å². The lowest BCUT2D eigenvalue weighted by molar-refractivity contribution is -0.123. The topological polar surface area (TPSA) is 76.7 Å². The smallest absolute Gasteiger partial charge is 0.263 e. The number of methoxy groups -OCH3 is 1. The van der Waals surface area contributed by atoms with E-state index in [2.05, 4.69) is 16.7 Å². The van der Waals surface area contributed by atoms with Crippen LogP contribution < -0.4 is 20.1 Å². The highest BCUT2D eigenvalue weighted by Crippen LogP contribution is 2.28. The Bertz CT molecular complexity index is 956. The van der Waals surface area contributed by atoms with E-state index in [9.17, 15) is 9.59 Å². The maximum Gasteiger partial charge on any atom is 0.263 e. The molecule has 0 radical (unpaired) electrons. The van der Waals surface area contributed by atoms with Gasteiger partial charge in [-0.1, -0.05) is 29.3 Å². The van der Waals surface area contributed by atoms with Crippen LogP contribution in [0.3, 0.4) is 0 Å². The van der Waals surface area contributed by atoms with E-state index in [1.165, 1.54) is 6.08 Å². The number of ether oxygens (including phenoxy) is 2. The first-order valence-electron chi connectivity index (χ1n) is 8.62. The molecule has 1 fully saturated rings. The van der Waals surface area contributed by atoms with Crippen LogP contribution in [0.4, 0.5) is 0 Å². The van der Waals surface area contributed by atoms with E-state index in [4.69, 9.17) is 21.7 Å². The molecule has 2 aromatic rings. The van der Waals surface area contributed by atoms with Gasteiger partial charge in [0.25, 0.3) is 11.8 Å². The average Bonchev–Trinajstić information content (AvgIpc) is 2.62. The first-order valence-corrected chi connectivity index (χ1v) is 9.03. The van der Waals surface area contributed by atoms with Crippen molar-refractivity contribution in [2.75, 3.05) is 7.11 Å². The van der Waals surface area contributed by atoms with Crippen molar-refractivity contribution in [2.45, 2.75) is 20.5 Å². The zero-order valence-corrected chi connectivity index (χ0v) is 16.6. The van der Waals surface area contributed by atoms with Gasteiger partial charge in [0, 0.05) is 11.6 Å². The summed E-state index contributed by atoms with van der Waals surface area (Å²) in [6.45, 7) is 4.40. The third kappa shape index (κ3) is 4.55. The Labute approximate surface area is 168 Å². The SMILES string of the molecule is COc1ccc(C=C2C(=O)NC(=S)NC2=O)c(OCc2cc(C)cc(C)c2)c1. The second kappa shape index (κ2) is 8.22. The van der Waals surface area contributed by atoms with Crippen LogP contribution in [-0.2, 0) is 16.2 Å². The predicted molar refractivity (Wildman–Crippen MR) is 110 cm³/mol. The van der Waals surface area contributed by atoms with Crippen molar-refractivity contribution in [3.8, 4) is 11.5 Å². The van der Waals surface area contributed by atoms with Gasteiger partial charge in [-0.05, 0) is 49.8 Å². The fourth-order valence-electron chi connectivity index (χ4n) is 2.96. The Hall–Kier alpha value is -3.19. The number of aryl methyl sites for hydroxylation is 2. The number of hydrogen-bond acceptors (Lipinski definition) is 5. The van der Waals surface area contributed by atoms with Gasteiger partial charge >= 0.3 is 0 Å². The number of benzene rings is 2. The molecule has 0 atom stereocenters. The largest absolute Gasteiger partial charge is 0.497 e. The molecule has 0 bridgehead atoms. The molecule has 144 valence electrons. The van der Waals surface area contributed by atoms with Gasteiger partial charge in [0.15, 0.2) is 5.11 Å². The molecule has 7 heteroatoms. The van der Waals surface area contributed by atoms with Crippen LogP contribution in [0, 0.1) is 13.8 Å². The summed E-state index contributed by atoms with van der Waals surface area (Å²) in [5, 5.41) is 4.83. The fraction of sp³-hybridized carbons (Fsp3) is 0.190. The quantitative estimate of drug-likeness (QED) is 0.462. The van der Waals surface area contributed by atoms with Gasteiger partial charge < -0.3 is 9.47 Å². The van der Waals surface area contributed by atoms with E-state index in [1.807, 2.05) is 26.0 Å². The molecule has 1 aliphatic rings. The van der Waals surface area contributed by atoms with Crippen LogP contribution >= 0.6 is 12.2 Å². The van der Waals surface area contributed by atoms with Gasteiger partial charge in [-0.3, -0.25) is 20.2 Å². The second-order valence-electron chi connectivity index (χ2n) is 6.48. The van der Waals surface area contributed by atoms with Gasteiger partial charge in [-0.2, -0.15) is 0 Å². The molecule has 1 aliphatic heterocycles. The highest BCUT2D eigenvalue weighted by atomic mass is 32.1. The lowest BCUT2D eigenvalue weighted by Gasteiger charge is -2.17. The van der Waals surface area contributed by atoms with E-state index in [0.717, 1.165) is 16.7 Å². The highest BCUT2D eigenvalue weighted by Gasteiger charge is 2.26. The summed E-state index contributed by atoms with van der Waals surface area (Å²) in [7, 11) is 1.56. The van der Waals surface area contributed by atoms with Crippen molar-refractivity contribution in [1.29, 1.82) is 0 Å². The fourth-order valence-corrected chi connectivity index (χ4v) is 3.15. The van der Waals surface area contributed by atoms with Crippen LogP contribution in [0.2, 0.25) is 0 Å². The van der Waals surface area contributed by atoms with E-state index in [0.29, 0.717) is 23.7 Å². The van der Waals surface area contributed by atoms with E-state index in [1.54, 1.807) is 25.3 Å². The van der Waals surface area contributed by atoms with Crippen LogP contribution in [0.15, 0.2) is 42.0 Å². The first-order chi connectivity index (χ1) is 13.4. The standard InChI is InChI=1S/C21H20N2O4S/c1-12-6-13(2)8-14(7-12)11-27-18-10-16(26-3)5-4-15(18)9-17-19(24)22-21(28)23-20(17)25/h4-10H,11H2,1-3H3,(H2,22,23,24,25,28). The van der Waals surface area contributed by atoms with E-state index < -0.39 is 11.8 Å². The molecule has 0 spiro atoms. The third-order valence-corrected chi connectivity index (χ3v) is 4.34. The Balaban J connectivity index is 1.92. The summed E-state index contributed by atoms with van der Waals surface area (Å²) in [6.07, 6.45) is 1.47. The minimum Gasteiger partial charge on any atom is -0.497 e. The second-order valence-corrected chi connectivity index (χ2v) is 6.89. The maximum absolute atomic E-state index is 12.1. The predicted octanol–water partition coefficient (Wildman–Crippen LogP) is 2.81. The van der Waals surface area contributed by atoms with Gasteiger partial charge in [-0.25, -0.2) is 0 Å². The molecule has 2 amide bonds. The summed E-state index contributed by atoms with van der Waals surface area (Å²) >= 11 is 4.82. The lowest BCUT2D eigenvalue weighted by Crippen LogP contribution is -2.51. The molecule has 3 rings (SSSR count). The van der Waals surface area contributed by atoms with Gasteiger partial charge in [0.05, 0.1) is 7.11 Å². The number of carbonyl (C=O) groups is 2. The number of amides is 2. The highest BCUT2D eigenvalue weighted by molar-refractivity contribution is 7.80. The van der Waals surface area contributed by atoms with Crippen LogP contribution in [0.1, 0.15) is 22.3 Å². The Morgan fingerprint density at radius 1 is 1.00 bits per heavy atom. The van der Waals surface area contributed by atoms with Crippen LogP contribution in [-0.4, -0.2) is 24.0 Å². The molecule has 2 N–H and O–H groups in total. The molecule has 0 aromatic heterocycles. The van der Waals surface area contributed by atoms with Gasteiger partial charge in [-0.15, -0.1) is 0 Å². The lowest BCUT2D eigenvalue weighted by atomic mass is 10.1. The van der Waals surface area contributed by atoms with Crippen molar-refractivity contribution >= 4 is 35.2 Å². The number of hydrogen-bond donors (Lipinski definition) is 2. The summed E-state index contributed by atoms with van der Waals surface area (Å²) in [5.41, 5.74) is 3.86. The van der Waals surface area contributed by atoms with Crippen molar-refractivity contribution in [3.63, 3.8) is 0 Å². The summed E-state index contributed by atoms with van der Waals surface area (Å²) in [5.74, 6) is 0.00529. The molecule has 0 saturated carbocycles. The molecule has 0 unspecified atom stereocenters. The monoisotopic (exact) mass is 396 g/mol. The summed E-state index contributed by atoms with van der Waals surface area (Å²) in [6, 6.07) is 11.4. The molecule has 28 heavy (non-hydrogen) atoms. The molecule has 2 aromatic carbocycles. The number of nitrogens with one attached hydrogen (secondary N) is 2. The average molecular weight is 396 g/mol. The van der Waals surface area contributed by atoms with E-state index >= 15 is 0 Å². The number of carbonyl (C=O) groups excluding carboxylic acids is 2. The Morgan fingerprint density at radius 2 is 1.64 bits per heavy atom. The van der Waals surface area contributed by atoms with Crippen LogP contribution in [0.5, 0.6) is 11.5 Å². The van der Waals surface area contributed by atoms with Gasteiger partial charge in [0.1, 0.15) is 23.7 Å². The molecule has 1 heterocycles. The zero-order chi connectivity index (χ0) is 20.3. The summed E-state index contributed by atoms with van der Waals surface area (Å²) < 4.78 is 11.3. The zero-order valence-electron chi connectivity index (χ0n) is 15.8. The number of rotatable bonds is 5. The normalized spacial score (nSPS) is 13.7. The third-order valence-electron chi connectivity index (χ3n) is 4.14. The molecular weight excluding hydrogens is 376 g/mol. The van der Waals surface area contributed by atoms with Crippen molar-refractivity contribution in [1.82, 2.24) is 10.6 Å². The molecule has 1 saturated heterocycles. The summed E-state index contributed by atoms with van der Waals surface area (Å²) in [4.78, 5) is 24.2. The number of thiocarbonyl (C=S) groups is 1.